The average Bonchev–Trinajstić information content (AvgIpc) is 2.16. The lowest BCUT2D eigenvalue weighted by Gasteiger charge is -2.12. The summed E-state index contributed by atoms with van der Waals surface area (Å²) >= 11 is 4.99. The van der Waals surface area contributed by atoms with Crippen molar-refractivity contribution in [3.05, 3.63) is 0 Å². The molecule has 1 saturated carbocycles. The molecule has 0 atom stereocenters. The second-order valence-corrected chi connectivity index (χ2v) is 3.58. The number of hydrogen-bond acceptors (Lipinski definition) is 2. The molecule has 2 N–H and O–H groups in total. The van der Waals surface area contributed by atoms with Crippen LogP contribution in [-0.4, -0.2) is 29.1 Å². The van der Waals surface area contributed by atoms with Gasteiger partial charge in [0.2, 0.25) is 0 Å². The Morgan fingerprint density at radius 1 is 1.38 bits per heavy atom. The number of aliphatic hydroxyl groups is 1. The Kier molecular flexibility index (Phi) is 4.93. The van der Waals surface area contributed by atoms with E-state index in [0.29, 0.717) is 11.7 Å². The van der Waals surface area contributed by atoms with Crippen molar-refractivity contribution in [1.29, 1.82) is 0 Å². The number of nitrogens with one attached hydrogen (secondary N) is 1. The minimum atomic E-state index is 0.102. The van der Waals surface area contributed by atoms with Crippen LogP contribution in [0.2, 0.25) is 0 Å². The van der Waals surface area contributed by atoms with Crippen molar-refractivity contribution in [2.24, 2.45) is 4.99 Å². The summed E-state index contributed by atoms with van der Waals surface area (Å²) in [5.41, 5.74) is 1.21. The fourth-order valence-corrected chi connectivity index (χ4v) is 1.65. The monoisotopic (exact) mass is 200 g/mol. The maximum atomic E-state index is 8.55. The molecule has 1 aliphatic carbocycles. The molecule has 0 saturated heterocycles. The zero-order valence-corrected chi connectivity index (χ0v) is 8.57. The van der Waals surface area contributed by atoms with Crippen LogP contribution in [0.4, 0.5) is 0 Å². The Bertz CT molecular complexity index is 196. The van der Waals surface area contributed by atoms with Crippen LogP contribution in [0.15, 0.2) is 4.99 Å². The normalized spacial score (nSPS) is 16.8. The van der Waals surface area contributed by atoms with Crippen LogP contribution in [0, 0.1) is 0 Å². The minimum absolute atomic E-state index is 0.102. The van der Waals surface area contributed by atoms with Gasteiger partial charge in [-0.05, 0) is 37.9 Å². The highest BCUT2D eigenvalue weighted by Gasteiger charge is 2.06. The lowest BCUT2D eigenvalue weighted by atomic mass is 9.99. The van der Waals surface area contributed by atoms with Gasteiger partial charge in [-0.25, -0.2) is 4.99 Å². The van der Waals surface area contributed by atoms with Gasteiger partial charge in [0.05, 0.1) is 6.61 Å². The summed E-state index contributed by atoms with van der Waals surface area (Å²) in [5, 5.41) is 11.9. The summed E-state index contributed by atoms with van der Waals surface area (Å²) in [7, 11) is 0. The van der Waals surface area contributed by atoms with Crippen molar-refractivity contribution in [2.45, 2.75) is 32.1 Å². The second-order valence-electron chi connectivity index (χ2n) is 3.19. The van der Waals surface area contributed by atoms with E-state index in [1.807, 2.05) is 0 Å². The Morgan fingerprint density at radius 3 is 2.69 bits per heavy atom. The number of nitrogens with zero attached hydrogens (tertiary/aromatic N) is 1. The number of hydrogen-bond donors (Lipinski definition) is 2. The first-order chi connectivity index (χ1) is 6.33. The van der Waals surface area contributed by atoms with Crippen LogP contribution >= 0.6 is 12.2 Å². The topological polar surface area (TPSA) is 44.6 Å². The van der Waals surface area contributed by atoms with Crippen LogP contribution < -0.4 is 5.32 Å². The first-order valence-electron chi connectivity index (χ1n) is 4.78. The fourth-order valence-electron chi connectivity index (χ4n) is 1.42. The molecule has 0 heterocycles. The summed E-state index contributed by atoms with van der Waals surface area (Å²) in [6, 6.07) is 0. The van der Waals surface area contributed by atoms with Crippen LogP contribution in [0.1, 0.15) is 32.1 Å². The van der Waals surface area contributed by atoms with Crippen LogP contribution in [0.5, 0.6) is 0 Å². The molecule has 0 aromatic rings. The van der Waals surface area contributed by atoms with E-state index in [2.05, 4.69) is 10.3 Å². The van der Waals surface area contributed by atoms with E-state index in [1.54, 1.807) is 0 Å². The van der Waals surface area contributed by atoms with Gasteiger partial charge in [0.1, 0.15) is 0 Å². The van der Waals surface area contributed by atoms with E-state index in [4.69, 9.17) is 17.3 Å². The molecule has 1 rings (SSSR count). The smallest absolute Gasteiger partial charge is 0.192 e. The zero-order valence-electron chi connectivity index (χ0n) is 7.75. The number of aliphatic hydroxyl groups excluding tert-OH is 1. The van der Waals surface area contributed by atoms with Crippen LogP contribution in [-0.2, 0) is 0 Å². The summed E-state index contributed by atoms with van der Waals surface area (Å²) in [6.45, 7) is 0.598. The van der Waals surface area contributed by atoms with Crippen molar-refractivity contribution in [1.82, 2.24) is 5.32 Å². The lowest BCUT2D eigenvalue weighted by Crippen LogP contribution is -2.24. The molecule has 1 fully saturated rings. The number of thiocarbonyl (C=S) groups is 1. The number of aliphatic imine (C=N–C) groups is 1. The van der Waals surface area contributed by atoms with Gasteiger partial charge in [0.25, 0.3) is 0 Å². The van der Waals surface area contributed by atoms with Gasteiger partial charge in [-0.15, -0.1) is 0 Å². The second kappa shape index (κ2) is 6.05. The molecule has 0 aromatic carbocycles. The highest BCUT2D eigenvalue weighted by molar-refractivity contribution is 7.80. The summed E-state index contributed by atoms with van der Waals surface area (Å²) in [5.74, 6) is 0. The molecule has 0 bridgehead atoms. The molecule has 0 aromatic heterocycles. The first-order valence-corrected chi connectivity index (χ1v) is 5.19. The van der Waals surface area contributed by atoms with Gasteiger partial charge in [0.15, 0.2) is 5.11 Å². The zero-order chi connectivity index (χ0) is 9.52. The van der Waals surface area contributed by atoms with Crippen molar-refractivity contribution >= 4 is 23.0 Å². The SMILES string of the molecule is OCCNC(=S)N=C1CCCCC1. The van der Waals surface area contributed by atoms with E-state index in [-0.39, 0.29) is 6.61 Å². The van der Waals surface area contributed by atoms with Gasteiger partial charge >= 0.3 is 0 Å². The van der Waals surface area contributed by atoms with E-state index in [9.17, 15) is 0 Å². The Morgan fingerprint density at radius 2 is 2.08 bits per heavy atom. The third-order valence-corrected chi connectivity index (χ3v) is 2.31. The third kappa shape index (κ3) is 4.33. The minimum Gasteiger partial charge on any atom is -0.395 e. The van der Waals surface area contributed by atoms with Crippen molar-refractivity contribution in [3.63, 3.8) is 0 Å². The molecule has 1 aliphatic rings. The molecular weight excluding hydrogens is 184 g/mol. The molecule has 4 heteroatoms. The number of rotatable bonds is 2. The van der Waals surface area contributed by atoms with Crippen LogP contribution in [0.3, 0.4) is 0 Å². The Labute approximate surface area is 84.3 Å². The van der Waals surface area contributed by atoms with Gasteiger partial charge in [-0.2, -0.15) is 0 Å². The van der Waals surface area contributed by atoms with Crippen molar-refractivity contribution < 1.29 is 5.11 Å². The lowest BCUT2D eigenvalue weighted by molar-refractivity contribution is 0.300. The predicted octanol–water partition coefficient (Wildman–Crippen LogP) is 1.26. The van der Waals surface area contributed by atoms with E-state index in [0.717, 1.165) is 12.8 Å². The highest BCUT2D eigenvalue weighted by Crippen LogP contribution is 2.14. The van der Waals surface area contributed by atoms with E-state index >= 15 is 0 Å². The van der Waals surface area contributed by atoms with Crippen molar-refractivity contribution in [2.75, 3.05) is 13.2 Å². The third-order valence-electron chi connectivity index (χ3n) is 2.08. The van der Waals surface area contributed by atoms with Gasteiger partial charge in [-0.3, -0.25) is 0 Å². The van der Waals surface area contributed by atoms with Gasteiger partial charge in [0, 0.05) is 12.3 Å². The molecule has 0 aliphatic heterocycles. The average molecular weight is 200 g/mol. The maximum absolute atomic E-state index is 8.55. The molecule has 13 heavy (non-hydrogen) atoms. The quantitative estimate of drug-likeness (QED) is 0.660. The molecule has 3 nitrogen and oxygen atoms in total. The van der Waals surface area contributed by atoms with Crippen LogP contribution in [0.25, 0.3) is 0 Å². The molecule has 0 radical (unpaired) electrons. The summed E-state index contributed by atoms with van der Waals surface area (Å²) < 4.78 is 0. The summed E-state index contributed by atoms with van der Waals surface area (Å²) in [6.07, 6.45) is 5.96. The molecule has 0 unspecified atom stereocenters. The standard InChI is InChI=1S/C9H16N2OS/c12-7-6-10-9(13)11-8-4-2-1-3-5-8/h12H,1-7H2,(H,10,13). The largest absolute Gasteiger partial charge is 0.395 e. The Hall–Kier alpha value is -0.480. The highest BCUT2D eigenvalue weighted by atomic mass is 32.1. The van der Waals surface area contributed by atoms with Gasteiger partial charge < -0.3 is 10.4 Å². The summed E-state index contributed by atoms with van der Waals surface area (Å²) in [4.78, 5) is 4.30. The molecule has 0 amide bonds. The Balaban J connectivity index is 2.30. The molecule has 0 spiro atoms. The van der Waals surface area contributed by atoms with Crippen molar-refractivity contribution in [3.8, 4) is 0 Å². The predicted molar refractivity (Wildman–Crippen MR) is 58.2 cm³/mol. The van der Waals surface area contributed by atoms with E-state index in [1.165, 1.54) is 25.0 Å². The first kappa shape index (κ1) is 10.6. The molecule has 74 valence electrons. The van der Waals surface area contributed by atoms with Gasteiger partial charge in [-0.1, -0.05) is 6.42 Å². The van der Waals surface area contributed by atoms with E-state index < -0.39 is 0 Å². The molecular formula is C9H16N2OS. The fraction of sp³-hybridized carbons (Fsp3) is 0.778. The maximum Gasteiger partial charge on any atom is 0.192 e.